The first-order valence-electron chi connectivity index (χ1n) is 12.1. The van der Waals surface area contributed by atoms with E-state index >= 15 is 0 Å². The van der Waals surface area contributed by atoms with E-state index < -0.39 is 0 Å². The molecule has 0 bridgehead atoms. The lowest BCUT2D eigenvalue weighted by Gasteiger charge is -2.32. The number of hydrogen-bond acceptors (Lipinski definition) is 8. The Morgan fingerprint density at radius 3 is 2.15 bits per heavy atom. The molecule has 4 aliphatic heterocycles. The molecule has 0 aromatic heterocycles. The summed E-state index contributed by atoms with van der Waals surface area (Å²) >= 11 is 0. The number of epoxide rings is 4. The first-order valence-corrected chi connectivity index (χ1v) is 12.1. The zero-order chi connectivity index (χ0) is 23.1. The standard InChI is InChI=1S/C26H32O8/c1-27-23-7-15(3-17-9-29-17)5-21(25(23)33-13-19-11-31-19)22-6-16(4-18-10-30-18)8-24(28-2)26(22)34-14-20-12-32-20/h5-8,17-21,25H,3-4,9-14H2,1-2H3. The van der Waals surface area contributed by atoms with Crippen LogP contribution < -0.4 is 9.47 Å². The maximum Gasteiger partial charge on any atom is 0.165 e. The van der Waals surface area contributed by atoms with Gasteiger partial charge in [-0.2, -0.15) is 0 Å². The molecule has 8 heteroatoms. The van der Waals surface area contributed by atoms with Crippen molar-refractivity contribution in [3.63, 3.8) is 0 Å². The Morgan fingerprint density at radius 1 is 0.824 bits per heavy atom. The highest BCUT2D eigenvalue weighted by atomic mass is 16.6. The third kappa shape index (κ3) is 5.42. The fourth-order valence-electron chi connectivity index (χ4n) is 4.52. The summed E-state index contributed by atoms with van der Waals surface area (Å²) in [4.78, 5) is 0. The number of benzene rings is 1. The molecule has 0 radical (unpaired) electrons. The molecule has 0 N–H and O–H groups in total. The summed E-state index contributed by atoms with van der Waals surface area (Å²) in [5.41, 5.74) is 3.36. The molecular weight excluding hydrogens is 440 g/mol. The van der Waals surface area contributed by atoms with Gasteiger partial charge >= 0.3 is 0 Å². The van der Waals surface area contributed by atoms with Gasteiger partial charge in [0, 0.05) is 24.3 Å². The average molecular weight is 473 g/mol. The summed E-state index contributed by atoms with van der Waals surface area (Å²) in [6.07, 6.45) is 6.58. The van der Waals surface area contributed by atoms with Gasteiger partial charge in [-0.3, -0.25) is 0 Å². The summed E-state index contributed by atoms with van der Waals surface area (Å²) in [6.45, 7) is 4.08. The highest BCUT2D eigenvalue weighted by Crippen LogP contribution is 2.45. The SMILES string of the molecule is COC1=CC(CC2CO2)=CC(c2cc(CC3CO3)cc(OC)c2OCC2CO2)C1OCC1CO1. The van der Waals surface area contributed by atoms with E-state index in [0.29, 0.717) is 19.0 Å². The van der Waals surface area contributed by atoms with Crippen LogP contribution >= 0.6 is 0 Å². The maximum atomic E-state index is 6.41. The lowest BCUT2D eigenvalue weighted by Crippen LogP contribution is -2.29. The Labute approximate surface area is 199 Å². The van der Waals surface area contributed by atoms with E-state index in [2.05, 4.69) is 24.3 Å². The van der Waals surface area contributed by atoms with Gasteiger partial charge in [-0.1, -0.05) is 12.1 Å². The molecular formula is C26H32O8. The third-order valence-corrected chi connectivity index (χ3v) is 6.70. The van der Waals surface area contributed by atoms with Crippen molar-refractivity contribution in [3.05, 3.63) is 46.7 Å². The molecule has 4 fully saturated rings. The van der Waals surface area contributed by atoms with Crippen LogP contribution in [0.4, 0.5) is 0 Å². The number of hydrogen-bond donors (Lipinski definition) is 0. The van der Waals surface area contributed by atoms with E-state index in [-0.39, 0.29) is 36.4 Å². The van der Waals surface area contributed by atoms with Crippen LogP contribution in [0.15, 0.2) is 35.6 Å². The van der Waals surface area contributed by atoms with E-state index in [1.807, 2.05) is 0 Å². The molecule has 6 rings (SSSR count). The average Bonchev–Trinajstić information content (AvgIpc) is 3.68. The molecule has 8 nitrogen and oxygen atoms in total. The molecule has 0 spiro atoms. The third-order valence-electron chi connectivity index (χ3n) is 6.70. The van der Waals surface area contributed by atoms with Gasteiger partial charge in [0.25, 0.3) is 0 Å². The molecule has 4 saturated heterocycles. The Hall–Kier alpha value is -2.10. The minimum absolute atomic E-state index is 0.114. The van der Waals surface area contributed by atoms with Crippen LogP contribution in [0.3, 0.4) is 0 Å². The van der Waals surface area contributed by atoms with Crippen molar-refractivity contribution < 1.29 is 37.9 Å². The molecule has 4 heterocycles. The van der Waals surface area contributed by atoms with Crippen LogP contribution in [-0.2, 0) is 34.8 Å². The first-order chi connectivity index (χ1) is 16.7. The van der Waals surface area contributed by atoms with Crippen molar-refractivity contribution in [2.45, 2.75) is 49.3 Å². The fourth-order valence-corrected chi connectivity index (χ4v) is 4.52. The maximum absolute atomic E-state index is 6.41. The molecule has 0 saturated carbocycles. The van der Waals surface area contributed by atoms with E-state index in [0.717, 1.165) is 61.9 Å². The largest absolute Gasteiger partial charge is 0.498 e. The zero-order valence-electron chi connectivity index (χ0n) is 19.7. The van der Waals surface area contributed by atoms with Gasteiger partial charge in [0.2, 0.25) is 0 Å². The number of ether oxygens (including phenoxy) is 8. The van der Waals surface area contributed by atoms with Crippen LogP contribution in [0.1, 0.15) is 23.5 Å². The number of allylic oxidation sites excluding steroid dienone is 1. The lowest BCUT2D eigenvalue weighted by molar-refractivity contribution is 0.0208. The number of rotatable bonds is 13. The van der Waals surface area contributed by atoms with Gasteiger partial charge in [0.05, 0.1) is 59.5 Å². The molecule has 184 valence electrons. The van der Waals surface area contributed by atoms with Gasteiger partial charge in [-0.25, -0.2) is 0 Å². The summed E-state index contributed by atoms with van der Waals surface area (Å²) in [6, 6.07) is 4.27. The van der Waals surface area contributed by atoms with Crippen LogP contribution in [-0.4, -0.2) is 84.4 Å². The molecule has 6 atom stereocenters. The van der Waals surface area contributed by atoms with Gasteiger partial charge < -0.3 is 37.9 Å². The first kappa shape index (κ1) is 22.4. The van der Waals surface area contributed by atoms with E-state index in [4.69, 9.17) is 37.9 Å². The van der Waals surface area contributed by atoms with Gasteiger partial charge in [0.15, 0.2) is 11.5 Å². The van der Waals surface area contributed by atoms with Crippen molar-refractivity contribution in [1.29, 1.82) is 0 Å². The van der Waals surface area contributed by atoms with Crippen molar-refractivity contribution >= 4 is 0 Å². The van der Waals surface area contributed by atoms with Crippen LogP contribution in [0.25, 0.3) is 0 Å². The predicted octanol–water partition coefficient (Wildman–Crippen LogP) is 2.54. The second kappa shape index (κ2) is 9.51. The monoisotopic (exact) mass is 472 g/mol. The lowest BCUT2D eigenvalue weighted by atomic mass is 9.83. The van der Waals surface area contributed by atoms with Gasteiger partial charge in [-0.15, -0.1) is 0 Å². The molecule has 6 unspecified atom stereocenters. The smallest absolute Gasteiger partial charge is 0.165 e. The molecule has 0 amide bonds. The Kier molecular flexibility index (Phi) is 6.26. The summed E-state index contributed by atoms with van der Waals surface area (Å²) < 4.78 is 46.2. The highest BCUT2D eigenvalue weighted by molar-refractivity contribution is 5.55. The Morgan fingerprint density at radius 2 is 1.50 bits per heavy atom. The Balaban J connectivity index is 1.38. The second-order valence-corrected chi connectivity index (χ2v) is 9.53. The van der Waals surface area contributed by atoms with Gasteiger partial charge in [0.1, 0.15) is 30.7 Å². The quantitative estimate of drug-likeness (QED) is 0.405. The van der Waals surface area contributed by atoms with Crippen molar-refractivity contribution in [2.75, 3.05) is 53.9 Å². The van der Waals surface area contributed by atoms with E-state index in [1.54, 1.807) is 14.2 Å². The van der Waals surface area contributed by atoms with Crippen LogP contribution in [0.2, 0.25) is 0 Å². The van der Waals surface area contributed by atoms with E-state index in [9.17, 15) is 0 Å². The normalized spacial score (nSPS) is 33.0. The molecule has 34 heavy (non-hydrogen) atoms. The van der Waals surface area contributed by atoms with Crippen LogP contribution in [0, 0.1) is 0 Å². The topological polar surface area (TPSA) is 87.0 Å². The van der Waals surface area contributed by atoms with E-state index in [1.165, 1.54) is 5.57 Å². The molecule has 1 aliphatic carbocycles. The predicted molar refractivity (Wildman–Crippen MR) is 121 cm³/mol. The fraction of sp³-hybridized carbons (Fsp3) is 0.615. The van der Waals surface area contributed by atoms with Gasteiger partial charge in [-0.05, 0) is 23.3 Å². The summed E-state index contributed by atoms with van der Waals surface area (Å²) in [7, 11) is 3.38. The van der Waals surface area contributed by atoms with Crippen molar-refractivity contribution in [2.24, 2.45) is 0 Å². The molecule has 1 aromatic rings. The highest BCUT2D eigenvalue weighted by Gasteiger charge is 2.38. The molecule has 5 aliphatic rings. The van der Waals surface area contributed by atoms with Crippen LogP contribution in [0.5, 0.6) is 11.5 Å². The summed E-state index contributed by atoms with van der Waals surface area (Å²) in [5, 5.41) is 0. The minimum Gasteiger partial charge on any atom is -0.498 e. The summed E-state index contributed by atoms with van der Waals surface area (Å²) in [5.74, 6) is 2.13. The van der Waals surface area contributed by atoms with Crippen molar-refractivity contribution in [3.8, 4) is 11.5 Å². The molecule has 1 aromatic carbocycles. The zero-order valence-corrected chi connectivity index (χ0v) is 19.7. The minimum atomic E-state index is -0.297. The second-order valence-electron chi connectivity index (χ2n) is 9.53. The Bertz CT molecular complexity index is 956. The number of methoxy groups -OCH3 is 2. The van der Waals surface area contributed by atoms with Crippen molar-refractivity contribution in [1.82, 2.24) is 0 Å².